The minimum Gasteiger partial charge on any atom is -0.296 e. The van der Waals surface area contributed by atoms with E-state index in [1.165, 1.54) is 5.56 Å². The van der Waals surface area contributed by atoms with E-state index in [0.29, 0.717) is 23.0 Å². The molecule has 142 valence electrons. The Labute approximate surface area is 162 Å². The highest BCUT2D eigenvalue weighted by Gasteiger charge is 2.17. The number of carbonyl (C=O) groups is 1. The normalized spacial score (nSPS) is 13.2. The second-order valence-corrected chi connectivity index (χ2v) is 7.33. The highest BCUT2D eigenvalue weighted by atomic mass is 16.2. The molecule has 1 amide bonds. The quantitative estimate of drug-likeness (QED) is 0.565. The number of hydrazone groups is 1. The zero-order valence-corrected chi connectivity index (χ0v) is 16.2. The molecule has 3 aromatic rings. The Balaban J connectivity index is 1.58. The summed E-state index contributed by atoms with van der Waals surface area (Å²) in [5.41, 5.74) is 7.93. The zero-order valence-electron chi connectivity index (χ0n) is 16.2. The molecule has 4 rings (SSSR count). The molecule has 1 aliphatic rings. The maximum Gasteiger partial charge on any atom is 0.271 e. The predicted molar refractivity (Wildman–Crippen MR) is 110 cm³/mol. The minimum atomic E-state index is -0.331. The van der Waals surface area contributed by atoms with Crippen molar-refractivity contribution in [1.29, 1.82) is 0 Å². The van der Waals surface area contributed by atoms with Crippen molar-refractivity contribution in [1.82, 2.24) is 15.0 Å². The van der Waals surface area contributed by atoms with Gasteiger partial charge < -0.3 is 0 Å². The summed E-state index contributed by atoms with van der Waals surface area (Å²) < 4.78 is 1.72. The fourth-order valence-corrected chi connectivity index (χ4v) is 3.84. The number of hydrogen-bond acceptors (Lipinski definition) is 4. The van der Waals surface area contributed by atoms with Crippen LogP contribution in [0.15, 0.2) is 40.2 Å². The van der Waals surface area contributed by atoms with E-state index in [1.807, 2.05) is 13.8 Å². The van der Waals surface area contributed by atoms with Gasteiger partial charge in [-0.25, -0.2) is 10.4 Å². The van der Waals surface area contributed by atoms with Crippen molar-refractivity contribution in [2.75, 3.05) is 0 Å². The van der Waals surface area contributed by atoms with Gasteiger partial charge in [-0.2, -0.15) is 5.10 Å². The van der Waals surface area contributed by atoms with Crippen LogP contribution >= 0.6 is 0 Å². The second-order valence-electron chi connectivity index (χ2n) is 7.33. The fraction of sp³-hybridized carbons (Fsp3) is 0.273. The zero-order chi connectivity index (χ0) is 19.8. The van der Waals surface area contributed by atoms with Crippen LogP contribution in [0, 0.1) is 20.8 Å². The van der Waals surface area contributed by atoms with Crippen LogP contribution in [0.25, 0.3) is 10.9 Å². The Morgan fingerprint density at radius 2 is 1.93 bits per heavy atom. The average Bonchev–Trinajstić information content (AvgIpc) is 3.12. The topological polar surface area (TPSA) is 76.3 Å². The first kappa shape index (κ1) is 18.1. The molecule has 1 aromatic heterocycles. The van der Waals surface area contributed by atoms with Crippen LogP contribution in [0.5, 0.6) is 0 Å². The molecule has 0 saturated heterocycles. The van der Waals surface area contributed by atoms with Gasteiger partial charge in [-0.05, 0) is 56.5 Å². The number of aryl methyl sites for hydroxylation is 4. The number of hydrogen-bond donors (Lipinski definition) is 1. The third-order valence-electron chi connectivity index (χ3n) is 5.18. The summed E-state index contributed by atoms with van der Waals surface area (Å²) in [4.78, 5) is 29.6. The van der Waals surface area contributed by atoms with Gasteiger partial charge in [0.05, 0.1) is 17.1 Å². The molecular weight excluding hydrogens is 352 g/mol. The summed E-state index contributed by atoms with van der Waals surface area (Å²) in [5.74, 6) is 0.460. The Bertz CT molecular complexity index is 1170. The lowest BCUT2D eigenvalue weighted by molar-refractivity contribution is 0.0955. The molecule has 0 aliphatic carbocycles. The number of nitrogens with one attached hydrogen (secondary N) is 1. The number of fused-ring (bicyclic) bond motifs is 2. The molecule has 0 radical (unpaired) electrons. The van der Waals surface area contributed by atoms with E-state index in [-0.39, 0.29) is 11.5 Å². The van der Waals surface area contributed by atoms with Crippen LogP contribution in [0.4, 0.5) is 0 Å². The average molecular weight is 374 g/mol. The number of rotatable bonds is 3. The highest BCUT2D eigenvalue weighted by Crippen LogP contribution is 2.17. The molecule has 0 unspecified atom stereocenters. The Hall–Kier alpha value is -3.28. The molecule has 0 fully saturated rings. The molecule has 0 saturated carbocycles. The van der Waals surface area contributed by atoms with Gasteiger partial charge in [0, 0.05) is 24.1 Å². The van der Waals surface area contributed by atoms with Gasteiger partial charge in [0.15, 0.2) is 0 Å². The van der Waals surface area contributed by atoms with Gasteiger partial charge in [0.2, 0.25) is 0 Å². The van der Waals surface area contributed by atoms with Crippen LogP contribution < -0.4 is 11.0 Å². The summed E-state index contributed by atoms with van der Waals surface area (Å²) in [6.45, 7) is 6.81. The first-order valence-electron chi connectivity index (χ1n) is 9.39. The van der Waals surface area contributed by atoms with Crippen molar-refractivity contribution < 1.29 is 4.79 Å². The summed E-state index contributed by atoms with van der Waals surface area (Å²) in [6, 6.07) is 9.14. The summed E-state index contributed by atoms with van der Waals surface area (Å²) in [7, 11) is 0. The molecule has 1 N–H and O–H groups in total. The monoisotopic (exact) mass is 374 g/mol. The van der Waals surface area contributed by atoms with Crippen molar-refractivity contribution in [2.24, 2.45) is 5.10 Å². The fourth-order valence-electron chi connectivity index (χ4n) is 3.84. The minimum absolute atomic E-state index is 0.0344. The SMILES string of the molecule is Cc1cc(C)c(/C=N\NC(=O)c2ccc3c(=O)n4c(nc3c2)CCC4)c(C)c1. The van der Waals surface area contributed by atoms with E-state index < -0.39 is 0 Å². The van der Waals surface area contributed by atoms with E-state index in [0.717, 1.165) is 35.4 Å². The maximum absolute atomic E-state index is 12.5. The molecule has 1 aliphatic heterocycles. The van der Waals surface area contributed by atoms with E-state index in [4.69, 9.17) is 0 Å². The Kier molecular flexibility index (Phi) is 4.55. The smallest absolute Gasteiger partial charge is 0.271 e. The van der Waals surface area contributed by atoms with Crippen LogP contribution in [0.1, 0.15) is 44.9 Å². The van der Waals surface area contributed by atoms with Crippen LogP contribution in [0.2, 0.25) is 0 Å². The lowest BCUT2D eigenvalue weighted by Crippen LogP contribution is -2.22. The summed E-state index contributed by atoms with van der Waals surface area (Å²) in [6.07, 6.45) is 3.39. The number of benzene rings is 2. The van der Waals surface area contributed by atoms with E-state index in [9.17, 15) is 9.59 Å². The first-order chi connectivity index (χ1) is 13.4. The molecule has 28 heavy (non-hydrogen) atoms. The molecule has 0 spiro atoms. The van der Waals surface area contributed by atoms with Crippen LogP contribution in [-0.4, -0.2) is 21.7 Å². The highest BCUT2D eigenvalue weighted by molar-refractivity contribution is 5.98. The first-order valence-corrected chi connectivity index (χ1v) is 9.39. The van der Waals surface area contributed by atoms with Crippen molar-refractivity contribution in [3.8, 4) is 0 Å². The van der Waals surface area contributed by atoms with E-state index >= 15 is 0 Å². The van der Waals surface area contributed by atoms with Crippen LogP contribution in [0.3, 0.4) is 0 Å². The third-order valence-corrected chi connectivity index (χ3v) is 5.18. The van der Waals surface area contributed by atoms with Crippen molar-refractivity contribution >= 4 is 23.0 Å². The van der Waals surface area contributed by atoms with Gasteiger partial charge in [0.1, 0.15) is 5.82 Å². The largest absolute Gasteiger partial charge is 0.296 e. The van der Waals surface area contributed by atoms with Gasteiger partial charge >= 0.3 is 0 Å². The summed E-state index contributed by atoms with van der Waals surface area (Å²) in [5, 5.41) is 4.65. The molecule has 0 bridgehead atoms. The molecule has 6 heteroatoms. The molecule has 0 atom stereocenters. The van der Waals surface area contributed by atoms with Crippen molar-refractivity contribution in [3.63, 3.8) is 0 Å². The lowest BCUT2D eigenvalue weighted by atomic mass is 10.0. The van der Waals surface area contributed by atoms with Crippen molar-refractivity contribution in [2.45, 2.75) is 40.2 Å². The standard InChI is InChI=1S/C22H22N4O2/c1-13-9-14(2)18(15(3)10-13)12-23-25-21(27)16-6-7-17-19(11-16)24-20-5-4-8-26(20)22(17)28/h6-7,9-12H,4-5,8H2,1-3H3,(H,25,27)/b23-12-. The Morgan fingerprint density at radius 3 is 2.68 bits per heavy atom. The number of carbonyl (C=O) groups excluding carboxylic acids is 1. The van der Waals surface area contributed by atoms with Crippen LogP contribution in [-0.2, 0) is 13.0 Å². The second kappa shape index (κ2) is 7.03. The van der Waals surface area contributed by atoms with Gasteiger partial charge in [-0.15, -0.1) is 0 Å². The molecule has 2 aromatic carbocycles. The molecule has 2 heterocycles. The van der Waals surface area contributed by atoms with E-state index in [2.05, 4.69) is 34.6 Å². The van der Waals surface area contributed by atoms with Crippen molar-refractivity contribution in [3.05, 3.63) is 74.3 Å². The number of amides is 1. The van der Waals surface area contributed by atoms with Gasteiger partial charge in [-0.3, -0.25) is 14.2 Å². The van der Waals surface area contributed by atoms with Gasteiger partial charge in [0.25, 0.3) is 11.5 Å². The van der Waals surface area contributed by atoms with Gasteiger partial charge in [-0.1, -0.05) is 17.7 Å². The third kappa shape index (κ3) is 3.22. The molecular formula is C22H22N4O2. The summed E-state index contributed by atoms with van der Waals surface area (Å²) >= 11 is 0. The maximum atomic E-state index is 12.5. The predicted octanol–water partition coefficient (Wildman–Crippen LogP) is 3.03. The molecule has 6 nitrogen and oxygen atoms in total. The van der Waals surface area contributed by atoms with E-state index in [1.54, 1.807) is 29.0 Å². The lowest BCUT2D eigenvalue weighted by Gasteiger charge is -2.07. The Morgan fingerprint density at radius 1 is 1.18 bits per heavy atom. The number of nitrogens with zero attached hydrogens (tertiary/aromatic N) is 3. The number of aromatic nitrogens is 2.